The minimum atomic E-state index is -0.796. The molecule has 0 spiro atoms. The van der Waals surface area contributed by atoms with Crippen LogP contribution >= 0.6 is 11.8 Å². The molecule has 16 heavy (non-hydrogen) atoms. The summed E-state index contributed by atoms with van der Waals surface area (Å²) in [5.74, 6) is 0.658. The van der Waals surface area contributed by atoms with E-state index in [1.807, 2.05) is 0 Å². The fraction of sp³-hybridized carbons (Fsp3) is 0.571. The number of thioether (sulfide) groups is 1. The molecule has 1 heterocycles. The maximum absolute atomic E-state index is 11.0. The van der Waals surface area contributed by atoms with Gasteiger partial charge < -0.3 is 0 Å². The van der Waals surface area contributed by atoms with E-state index in [1.54, 1.807) is 7.05 Å². The molecule has 0 atom stereocenters. The maximum atomic E-state index is 11.0. The number of aromatic amines is 1. The molecule has 0 unspecified atom stereocenters. The Hall–Kier alpha value is -1.73. The highest BCUT2D eigenvalue weighted by Crippen LogP contribution is 2.12. The quantitative estimate of drug-likeness (QED) is 0.199. The summed E-state index contributed by atoms with van der Waals surface area (Å²) in [7, 11) is 1.60. The zero-order chi connectivity index (χ0) is 12.0. The first-order valence-electron chi connectivity index (χ1n) is 4.46. The molecule has 0 aliphatic rings. The summed E-state index contributed by atoms with van der Waals surface area (Å²) in [6, 6.07) is 0. The van der Waals surface area contributed by atoms with Gasteiger partial charge in [0.05, 0.1) is 0 Å². The molecule has 1 aromatic heterocycles. The average Bonchev–Trinajstić information content (AvgIpc) is 2.25. The molecule has 1 aromatic rings. The fourth-order valence-corrected chi connectivity index (χ4v) is 1.78. The number of H-pyrrole nitrogens is 1. The fourth-order valence-electron chi connectivity index (χ4n) is 0.933. The van der Waals surface area contributed by atoms with Crippen LogP contribution < -0.4 is 11.1 Å². The van der Waals surface area contributed by atoms with Crippen LogP contribution in [0.2, 0.25) is 0 Å². The van der Waals surface area contributed by atoms with Crippen LogP contribution in [0.15, 0.2) is 19.9 Å². The number of aryl methyl sites for hydroxylation is 1. The first-order chi connectivity index (χ1) is 7.65. The van der Waals surface area contributed by atoms with Crippen molar-refractivity contribution in [2.45, 2.75) is 11.6 Å². The number of aromatic nitrogens is 3. The number of nitrogens with one attached hydrogen (secondary N) is 1. The van der Waals surface area contributed by atoms with Crippen molar-refractivity contribution in [1.29, 1.82) is 0 Å². The van der Waals surface area contributed by atoms with Gasteiger partial charge in [0.15, 0.2) is 5.16 Å². The number of hydrogen-bond donors (Lipinski definition) is 1. The normalized spacial score (nSPS) is 9.81. The molecule has 0 fully saturated rings. The van der Waals surface area contributed by atoms with Crippen LogP contribution in [-0.2, 0) is 7.05 Å². The van der Waals surface area contributed by atoms with Gasteiger partial charge in [-0.1, -0.05) is 16.9 Å². The van der Waals surface area contributed by atoms with E-state index in [-0.39, 0.29) is 0 Å². The summed E-state index contributed by atoms with van der Waals surface area (Å²) >= 11 is 1.32. The summed E-state index contributed by atoms with van der Waals surface area (Å²) < 4.78 is 1.39. The summed E-state index contributed by atoms with van der Waals surface area (Å²) in [6.07, 6.45) is 0.684. The smallest absolute Gasteiger partial charge is 0.265 e. The van der Waals surface area contributed by atoms with Gasteiger partial charge in [0.2, 0.25) is 0 Å². The summed E-state index contributed by atoms with van der Waals surface area (Å²) in [5, 5.41) is 6.16. The molecule has 0 bridgehead atoms. The Morgan fingerprint density at radius 3 is 3.06 bits per heavy atom. The van der Waals surface area contributed by atoms with Crippen molar-refractivity contribution in [3.8, 4) is 0 Å². The first kappa shape index (κ1) is 12.3. The minimum Gasteiger partial charge on any atom is -0.265 e. The van der Waals surface area contributed by atoms with E-state index in [1.165, 1.54) is 16.4 Å². The van der Waals surface area contributed by atoms with Gasteiger partial charge in [-0.25, -0.2) is 0 Å². The molecule has 0 saturated carbocycles. The largest absolute Gasteiger partial charge is 0.339 e. The summed E-state index contributed by atoms with van der Waals surface area (Å²) in [6.45, 7) is 0.404. The van der Waals surface area contributed by atoms with Crippen LogP contribution in [0.5, 0.6) is 0 Å². The average molecular weight is 242 g/mol. The lowest BCUT2D eigenvalue weighted by atomic mass is 10.5. The van der Waals surface area contributed by atoms with Crippen molar-refractivity contribution in [1.82, 2.24) is 14.8 Å². The second-order valence-corrected chi connectivity index (χ2v) is 3.92. The molecule has 0 saturated heterocycles. The Morgan fingerprint density at radius 1 is 1.62 bits per heavy atom. The van der Waals surface area contributed by atoms with Gasteiger partial charge in [-0.2, -0.15) is 4.98 Å². The third kappa shape index (κ3) is 3.44. The maximum Gasteiger partial charge on any atom is 0.339 e. The molecule has 1 N–H and O–H groups in total. The van der Waals surface area contributed by atoms with E-state index in [0.717, 1.165) is 0 Å². The molecule has 0 aliphatic carbocycles. The van der Waals surface area contributed by atoms with Crippen molar-refractivity contribution in [3.63, 3.8) is 0 Å². The van der Waals surface area contributed by atoms with Crippen LogP contribution in [-0.4, -0.2) is 27.1 Å². The van der Waals surface area contributed by atoms with E-state index in [2.05, 4.69) is 20.1 Å². The lowest BCUT2D eigenvalue weighted by molar-refractivity contribution is 0.596. The van der Waals surface area contributed by atoms with Gasteiger partial charge in [0.25, 0.3) is 0 Å². The molecule has 8 nitrogen and oxygen atoms in total. The van der Waals surface area contributed by atoms with Crippen LogP contribution in [0.3, 0.4) is 0 Å². The highest BCUT2D eigenvalue weighted by molar-refractivity contribution is 7.99. The molecule has 1 rings (SSSR count). The minimum absolute atomic E-state index is 0.404. The molecule has 9 heteroatoms. The van der Waals surface area contributed by atoms with E-state index < -0.39 is 11.1 Å². The van der Waals surface area contributed by atoms with Gasteiger partial charge in [-0.05, 0) is 12.0 Å². The standard InChI is InChI=1S/C7H10N6O2S/c1-13-7(10-5(14)6(15)11-13)16-4-2-3-9-12-8/h2-4H2,1H3,(H,11,15). The highest BCUT2D eigenvalue weighted by Gasteiger charge is 2.03. The van der Waals surface area contributed by atoms with Crippen molar-refractivity contribution in [2.24, 2.45) is 12.2 Å². The Labute approximate surface area is 94.3 Å². The number of rotatable bonds is 5. The predicted molar refractivity (Wildman–Crippen MR) is 59.5 cm³/mol. The van der Waals surface area contributed by atoms with Crippen molar-refractivity contribution < 1.29 is 0 Å². The third-order valence-electron chi connectivity index (χ3n) is 1.64. The van der Waals surface area contributed by atoms with Gasteiger partial charge in [-0.15, -0.1) is 0 Å². The SMILES string of the molecule is Cn1[nH]c(=O)c(=O)nc1SCCCN=[N+]=[N-]. The number of hydrogen-bond acceptors (Lipinski definition) is 5. The molecular formula is C7H10N6O2S. The molecule has 0 amide bonds. The Bertz CT molecular complexity index is 514. The zero-order valence-electron chi connectivity index (χ0n) is 8.58. The molecule has 86 valence electrons. The summed E-state index contributed by atoms with van der Waals surface area (Å²) in [5.41, 5.74) is 6.52. The van der Waals surface area contributed by atoms with Crippen LogP contribution in [0, 0.1) is 0 Å². The number of nitrogens with zero attached hydrogens (tertiary/aromatic N) is 5. The first-order valence-corrected chi connectivity index (χ1v) is 5.44. The van der Waals surface area contributed by atoms with Gasteiger partial charge in [-0.3, -0.25) is 19.4 Å². The second kappa shape index (κ2) is 5.99. The third-order valence-corrected chi connectivity index (χ3v) is 2.76. The topological polar surface area (TPSA) is 117 Å². The van der Waals surface area contributed by atoms with Crippen molar-refractivity contribution in [3.05, 3.63) is 31.2 Å². The van der Waals surface area contributed by atoms with E-state index in [9.17, 15) is 9.59 Å². The van der Waals surface area contributed by atoms with E-state index >= 15 is 0 Å². The van der Waals surface area contributed by atoms with Crippen LogP contribution in [0.1, 0.15) is 6.42 Å². The number of azide groups is 1. The second-order valence-electron chi connectivity index (χ2n) is 2.86. The Balaban J connectivity index is 2.61. The molecular weight excluding hydrogens is 232 g/mol. The van der Waals surface area contributed by atoms with Gasteiger partial charge >= 0.3 is 11.1 Å². The van der Waals surface area contributed by atoms with E-state index in [4.69, 9.17) is 5.53 Å². The van der Waals surface area contributed by atoms with E-state index in [0.29, 0.717) is 23.9 Å². The van der Waals surface area contributed by atoms with Crippen molar-refractivity contribution in [2.75, 3.05) is 12.3 Å². The molecule has 0 aromatic carbocycles. The Kier molecular flexibility index (Phi) is 4.62. The van der Waals surface area contributed by atoms with Gasteiger partial charge in [0.1, 0.15) is 0 Å². The zero-order valence-corrected chi connectivity index (χ0v) is 9.40. The monoisotopic (exact) mass is 242 g/mol. The van der Waals surface area contributed by atoms with Crippen LogP contribution in [0.25, 0.3) is 10.4 Å². The highest BCUT2D eigenvalue weighted by atomic mass is 32.2. The van der Waals surface area contributed by atoms with Gasteiger partial charge in [0, 0.05) is 24.3 Å². The predicted octanol–water partition coefficient (Wildman–Crippen LogP) is 0.261. The molecule has 0 radical (unpaired) electrons. The van der Waals surface area contributed by atoms with Crippen molar-refractivity contribution >= 4 is 11.8 Å². The lowest BCUT2D eigenvalue weighted by Gasteiger charge is -2.04. The Morgan fingerprint density at radius 2 is 2.38 bits per heavy atom. The lowest BCUT2D eigenvalue weighted by Crippen LogP contribution is -2.33. The van der Waals surface area contributed by atoms with Crippen LogP contribution in [0.4, 0.5) is 0 Å². The summed E-state index contributed by atoms with van der Waals surface area (Å²) in [4.78, 5) is 28.1. The molecule has 0 aliphatic heterocycles.